The summed E-state index contributed by atoms with van der Waals surface area (Å²) < 4.78 is 0. The number of hydrogen-bond acceptors (Lipinski definition) is 6. The first-order chi connectivity index (χ1) is 8.16. The van der Waals surface area contributed by atoms with Crippen LogP contribution in [0.1, 0.15) is 5.56 Å². The van der Waals surface area contributed by atoms with E-state index >= 15 is 0 Å². The lowest BCUT2D eigenvalue weighted by atomic mass is 10.1. The number of amides is 1. The number of carbonyl (C=O) groups is 2. The van der Waals surface area contributed by atoms with Crippen molar-refractivity contribution in [3.05, 3.63) is 24.0 Å². The number of aldehydes is 1. The van der Waals surface area contributed by atoms with E-state index in [0.717, 1.165) is 7.11 Å². The summed E-state index contributed by atoms with van der Waals surface area (Å²) in [5.74, 6) is -0.824. The third kappa shape index (κ3) is 4.39. The van der Waals surface area contributed by atoms with Gasteiger partial charge in [0, 0.05) is 18.9 Å². The van der Waals surface area contributed by atoms with Gasteiger partial charge in [0.1, 0.15) is 12.0 Å². The normalized spacial score (nSPS) is 8.59. The van der Waals surface area contributed by atoms with Gasteiger partial charge in [-0.25, -0.2) is 0 Å². The van der Waals surface area contributed by atoms with E-state index in [4.69, 9.17) is 16.2 Å². The molecule has 5 N–H and O–H groups in total. The largest absolute Gasteiger partial charge is 0.400 e. The fourth-order valence-corrected chi connectivity index (χ4v) is 1.04. The number of nitrogens with one attached hydrogen (secondary N) is 2. The molecule has 0 aliphatic carbocycles. The Morgan fingerprint density at radius 3 is 2.82 bits per heavy atom. The van der Waals surface area contributed by atoms with Gasteiger partial charge in [-0.1, -0.05) is 0 Å². The minimum atomic E-state index is -0.824. The van der Waals surface area contributed by atoms with Crippen LogP contribution < -0.4 is 11.1 Å². The number of rotatable bonds is 5. The molecule has 0 bridgehead atoms. The van der Waals surface area contributed by atoms with Crippen LogP contribution in [0.15, 0.2) is 18.5 Å². The van der Waals surface area contributed by atoms with E-state index in [1.165, 1.54) is 18.5 Å². The van der Waals surface area contributed by atoms with Crippen LogP contribution in [0.5, 0.6) is 0 Å². The Morgan fingerprint density at radius 2 is 2.29 bits per heavy atom. The molecule has 1 aromatic rings. The van der Waals surface area contributed by atoms with Crippen molar-refractivity contribution >= 4 is 23.6 Å². The molecule has 7 heteroatoms. The Labute approximate surface area is 98.2 Å². The molecule has 0 atom stereocenters. The molecule has 0 aromatic carbocycles. The van der Waals surface area contributed by atoms with Crippen LogP contribution in [0, 0.1) is 5.41 Å². The molecule has 17 heavy (non-hydrogen) atoms. The molecule has 0 aliphatic heterocycles. The first-order valence-corrected chi connectivity index (χ1v) is 4.61. The predicted octanol–water partition coefficient (Wildman–Crippen LogP) is -0.846. The first kappa shape index (κ1) is 14.7. The second-order valence-electron chi connectivity index (χ2n) is 2.71. The summed E-state index contributed by atoms with van der Waals surface area (Å²) in [5.41, 5.74) is 5.44. The number of nitrogens with zero attached hydrogens (tertiary/aromatic N) is 1. The molecule has 1 rings (SSSR count). The van der Waals surface area contributed by atoms with Crippen LogP contribution in [0.3, 0.4) is 0 Å². The Bertz CT molecular complexity index is 406. The van der Waals surface area contributed by atoms with Crippen molar-refractivity contribution in [1.82, 2.24) is 4.98 Å². The zero-order valence-corrected chi connectivity index (χ0v) is 9.30. The minimum Gasteiger partial charge on any atom is -0.400 e. The smallest absolute Gasteiger partial charge is 0.267 e. The van der Waals surface area contributed by atoms with Gasteiger partial charge in [-0.3, -0.25) is 15.2 Å². The maximum Gasteiger partial charge on any atom is 0.267 e. The number of aliphatic hydroxyl groups excluding tert-OH is 1. The third-order valence-corrected chi connectivity index (χ3v) is 1.71. The van der Waals surface area contributed by atoms with Gasteiger partial charge in [0.25, 0.3) is 5.91 Å². The summed E-state index contributed by atoms with van der Waals surface area (Å²) in [6, 6.07) is 1.49. The highest BCUT2D eigenvalue weighted by Gasteiger charge is 2.11. The number of aromatic nitrogens is 1. The number of aliphatic hydroxyl groups is 1. The lowest BCUT2D eigenvalue weighted by molar-refractivity contribution is -0.112. The molecule has 0 radical (unpaired) electrons. The summed E-state index contributed by atoms with van der Waals surface area (Å²) in [4.78, 5) is 24.8. The topological polar surface area (TPSA) is 129 Å². The number of nitrogens with two attached hydrogens (primary N) is 1. The highest BCUT2D eigenvalue weighted by molar-refractivity contribution is 6.44. The van der Waals surface area contributed by atoms with Crippen LogP contribution in [-0.4, -0.2) is 41.7 Å². The molecule has 0 aliphatic rings. The molecule has 1 aromatic heterocycles. The lowest BCUT2D eigenvalue weighted by Gasteiger charge is -2.07. The highest BCUT2D eigenvalue weighted by atomic mass is 16.2. The standard InChI is InChI=1S/C9H10N4O2.CH4O/c10-8(9(11)15)6-1-2-12-5-7(6)13-3-4-14;1-2/h1-2,4-5,10,13H,3H2,(H2,11,15);2H,1H3. The molecule has 0 spiro atoms. The number of anilines is 1. The van der Waals surface area contributed by atoms with Crippen molar-refractivity contribution in [2.75, 3.05) is 19.0 Å². The molecule has 0 saturated carbocycles. The van der Waals surface area contributed by atoms with Gasteiger partial charge in [-0.2, -0.15) is 0 Å². The minimum absolute atomic E-state index is 0.0880. The van der Waals surface area contributed by atoms with Gasteiger partial charge < -0.3 is 21.0 Å². The van der Waals surface area contributed by atoms with Gasteiger partial charge in [0.05, 0.1) is 18.4 Å². The molecule has 1 heterocycles. The fraction of sp³-hybridized carbons (Fsp3) is 0.200. The fourth-order valence-electron chi connectivity index (χ4n) is 1.04. The molecular formula is C10H14N4O3. The van der Waals surface area contributed by atoms with Crippen LogP contribution >= 0.6 is 0 Å². The third-order valence-electron chi connectivity index (χ3n) is 1.71. The van der Waals surface area contributed by atoms with Gasteiger partial charge in [0.2, 0.25) is 0 Å². The summed E-state index contributed by atoms with van der Waals surface area (Å²) in [7, 11) is 1.00. The molecule has 0 saturated heterocycles. The molecule has 7 nitrogen and oxygen atoms in total. The average Bonchev–Trinajstić information content (AvgIpc) is 2.38. The van der Waals surface area contributed by atoms with E-state index in [1.54, 1.807) is 0 Å². The maximum absolute atomic E-state index is 10.8. The Morgan fingerprint density at radius 1 is 1.65 bits per heavy atom. The molecule has 92 valence electrons. The van der Waals surface area contributed by atoms with Crippen molar-refractivity contribution in [3.8, 4) is 0 Å². The van der Waals surface area contributed by atoms with E-state index in [1.807, 2.05) is 0 Å². The zero-order chi connectivity index (χ0) is 13.3. The zero-order valence-electron chi connectivity index (χ0n) is 9.30. The summed E-state index contributed by atoms with van der Waals surface area (Å²) in [6.45, 7) is 0.0880. The van der Waals surface area contributed by atoms with Gasteiger partial charge >= 0.3 is 0 Å². The second-order valence-corrected chi connectivity index (χ2v) is 2.71. The quantitative estimate of drug-likeness (QED) is 0.392. The molecule has 1 amide bonds. The highest BCUT2D eigenvalue weighted by Crippen LogP contribution is 2.13. The van der Waals surface area contributed by atoms with Crippen molar-refractivity contribution < 1.29 is 14.7 Å². The summed E-state index contributed by atoms with van der Waals surface area (Å²) in [5, 5.41) is 17.1. The molecule has 0 unspecified atom stereocenters. The van der Waals surface area contributed by atoms with Gasteiger partial charge in [0.15, 0.2) is 0 Å². The summed E-state index contributed by atoms with van der Waals surface area (Å²) >= 11 is 0. The first-order valence-electron chi connectivity index (χ1n) is 4.61. The molecule has 0 fully saturated rings. The van der Waals surface area contributed by atoms with Crippen LogP contribution in [-0.2, 0) is 9.59 Å². The number of primary amides is 1. The number of carbonyl (C=O) groups excluding carboxylic acids is 2. The van der Waals surface area contributed by atoms with Gasteiger partial charge in [-0.15, -0.1) is 0 Å². The van der Waals surface area contributed by atoms with Crippen LogP contribution in [0.2, 0.25) is 0 Å². The van der Waals surface area contributed by atoms with E-state index in [0.29, 0.717) is 17.5 Å². The van der Waals surface area contributed by atoms with Crippen LogP contribution in [0.4, 0.5) is 5.69 Å². The van der Waals surface area contributed by atoms with Crippen molar-refractivity contribution in [1.29, 1.82) is 5.41 Å². The van der Waals surface area contributed by atoms with E-state index in [2.05, 4.69) is 10.3 Å². The van der Waals surface area contributed by atoms with E-state index in [9.17, 15) is 9.59 Å². The molecular weight excluding hydrogens is 224 g/mol. The SMILES string of the molecule is CO.N=C(C(N)=O)c1ccncc1NCC=O. The predicted molar refractivity (Wildman–Crippen MR) is 63.0 cm³/mol. The Kier molecular flexibility index (Phi) is 6.88. The van der Waals surface area contributed by atoms with Crippen molar-refractivity contribution in [3.63, 3.8) is 0 Å². The average molecular weight is 238 g/mol. The van der Waals surface area contributed by atoms with Gasteiger partial charge in [-0.05, 0) is 6.07 Å². The Balaban J connectivity index is 0.00000121. The Hall–Kier alpha value is -2.28. The monoisotopic (exact) mass is 238 g/mol. The van der Waals surface area contributed by atoms with E-state index < -0.39 is 5.91 Å². The number of hydrogen-bond donors (Lipinski definition) is 4. The summed E-state index contributed by atoms with van der Waals surface area (Å²) in [6.07, 6.45) is 3.54. The van der Waals surface area contributed by atoms with Crippen LogP contribution in [0.25, 0.3) is 0 Å². The van der Waals surface area contributed by atoms with Crippen molar-refractivity contribution in [2.45, 2.75) is 0 Å². The second kappa shape index (κ2) is 7.94. The van der Waals surface area contributed by atoms with Crippen molar-refractivity contribution in [2.24, 2.45) is 5.73 Å². The lowest BCUT2D eigenvalue weighted by Crippen LogP contribution is -2.24. The number of pyridine rings is 1. The van der Waals surface area contributed by atoms with E-state index in [-0.39, 0.29) is 12.3 Å². The maximum atomic E-state index is 10.8.